The Balaban J connectivity index is 2.33. The molecule has 0 aromatic carbocycles. The number of hydrogen-bond acceptors (Lipinski definition) is 8. The lowest BCUT2D eigenvalue weighted by atomic mass is 9.87. The van der Waals surface area contributed by atoms with Gasteiger partial charge in [-0.15, -0.1) is 0 Å². The quantitative estimate of drug-likeness (QED) is 0.595. The van der Waals surface area contributed by atoms with Crippen molar-refractivity contribution in [2.75, 3.05) is 12.3 Å². The SMILES string of the molecule is CCOP(O)(=S)OC1C(O)[C@H](n2ccc(N)nc2=O)O[C@@H]1CC(C)(C)C. The van der Waals surface area contributed by atoms with E-state index >= 15 is 0 Å². The fraction of sp³-hybridized carbons (Fsp3) is 0.733. The maximum atomic E-state index is 12.1. The zero-order chi connectivity index (χ0) is 19.7. The van der Waals surface area contributed by atoms with Crippen LogP contribution in [-0.2, 0) is 25.6 Å². The summed E-state index contributed by atoms with van der Waals surface area (Å²) in [7, 11) is 0. The monoisotopic (exact) mass is 407 g/mol. The third-order valence-corrected chi connectivity index (χ3v) is 5.46. The summed E-state index contributed by atoms with van der Waals surface area (Å²) in [6, 6.07) is 1.43. The van der Waals surface area contributed by atoms with Gasteiger partial charge in [0.1, 0.15) is 18.0 Å². The third-order valence-electron chi connectivity index (χ3n) is 3.80. The maximum Gasteiger partial charge on any atom is 0.351 e. The molecule has 1 fully saturated rings. The van der Waals surface area contributed by atoms with E-state index in [1.165, 1.54) is 12.3 Å². The van der Waals surface area contributed by atoms with Gasteiger partial charge in [0.05, 0.1) is 12.7 Å². The van der Waals surface area contributed by atoms with Gasteiger partial charge in [-0.25, -0.2) is 4.79 Å². The molecule has 5 atom stereocenters. The summed E-state index contributed by atoms with van der Waals surface area (Å²) in [6.07, 6.45) is -1.94. The van der Waals surface area contributed by atoms with Gasteiger partial charge in [0.25, 0.3) is 0 Å². The Morgan fingerprint density at radius 3 is 2.69 bits per heavy atom. The predicted octanol–water partition coefficient (Wildman–Crippen LogP) is 1.16. The number of anilines is 1. The molecule has 0 saturated carbocycles. The highest BCUT2D eigenvalue weighted by atomic mass is 32.5. The molecule has 1 aromatic heterocycles. The lowest BCUT2D eigenvalue weighted by molar-refractivity contribution is -0.0497. The molecule has 26 heavy (non-hydrogen) atoms. The minimum atomic E-state index is -3.55. The van der Waals surface area contributed by atoms with Gasteiger partial charge in [-0.2, -0.15) is 4.98 Å². The molecule has 0 bridgehead atoms. The van der Waals surface area contributed by atoms with E-state index in [0.29, 0.717) is 6.42 Å². The van der Waals surface area contributed by atoms with Crippen LogP contribution in [0.4, 0.5) is 5.82 Å². The van der Waals surface area contributed by atoms with Crippen molar-refractivity contribution in [3.8, 4) is 0 Å². The van der Waals surface area contributed by atoms with Gasteiger partial charge in [0.15, 0.2) is 6.23 Å². The zero-order valence-electron chi connectivity index (χ0n) is 15.2. The van der Waals surface area contributed by atoms with Crippen LogP contribution in [0.2, 0.25) is 0 Å². The molecular formula is C15H26N3O6PS. The van der Waals surface area contributed by atoms with Crippen molar-refractivity contribution in [1.29, 1.82) is 0 Å². The van der Waals surface area contributed by atoms with Crippen molar-refractivity contribution in [1.82, 2.24) is 9.55 Å². The molecule has 148 valence electrons. The number of ether oxygens (including phenoxy) is 1. The molecule has 11 heteroatoms. The number of nitrogens with two attached hydrogens (primary N) is 1. The summed E-state index contributed by atoms with van der Waals surface area (Å²) in [5.74, 6) is 0.0694. The molecule has 2 heterocycles. The first kappa shape index (κ1) is 21.4. The fourth-order valence-corrected chi connectivity index (χ4v) is 4.38. The number of hydrogen-bond donors (Lipinski definition) is 3. The zero-order valence-corrected chi connectivity index (χ0v) is 16.9. The fourth-order valence-electron chi connectivity index (χ4n) is 2.81. The van der Waals surface area contributed by atoms with Gasteiger partial charge >= 0.3 is 12.4 Å². The number of rotatable bonds is 6. The molecule has 0 aliphatic carbocycles. The highest BCUT2D eigenvalue weighted by Crippen LogP contribution is 2.49. The van der Waals surface area contributed by atoms with Crippen molar-refractivity contribution >= 4 is 24.3 Å². The lowest BCUT2D eigenvalue weighted by Gasteiger charge is -2.28. The average molecular weight is 407 g/mol. The Morgan fingerprint density at radius 2 is 2.15 bits per heavy atom. The Labute approximate surface area is 157 Å². The summed E-state index contributed by atoms with van der Waals surface area (Å²) in [4.78, 5) is 25.9. The molecule has 4 N–H and O–H groups in total. The van der Waals surface area contributed by atoms with Gasteiger partial charge in [-0.3, -0.25) is 9.09 Å². The molecule has 1 aliphatic heterocycles. The minimum absolute atomic E-state index is 0.0694. The van der Waals surface area contributed by atoms with Crippen molar-refractivity contribution in [2.45, 2.75) is 58.7 Å². The van der Waals surface area contributed by atoms with Gasteiger partial charge in [-0.1, -0.05) is 20.8 Å². The van der Waals surface area contributed by atoms with Crippen LogP contribution in [0.1, 0.15) is 40.3 Å². The number of aromatic nitrogens is 2. The lowest BCUT2D eigenvalue weighted by Crippen LogP contribution is -2.37. The van der Waals surface area contributed by atoms with E-state index in [1.54, 1.807) is 6.92 Å². The van der Waals surface area contributed by atoms with E-state index in [-0.39, 0.29) is 17.8 Å². The molecule has 0 spiro atoms. The molecule has 0 radical (unpaired) electrons. The molecule has 1 aliphatic rings. The summed E-state index contributed by atoms with van der Waals surface area (Å²) in [5.41, 5.74) is 4.69. The molecule has 1 aromatic rings. The summed E-state index contributed by atoms with van der Waals surface area (Å²) >= 11 is 4.98. The molecule has 2 rings (SSSR count). The minimum Gasteiger partial charge on any atom is -0.386 e. The second-order valence-corrected chi connectivity index (χ2v) is 10.1. The highest BCUT2D eigenvalue weighted by molar-refractivity contribution is 8.07. The Bertz CT molecular complexity index is 737. The Morgan fingerprint density at radius 1 is 1.50 bits per heavy atom. The third kappa shape index (κ3) is 5.32. The van der Waals surface area contributed by atoms with Crippen LogP contribution in [0, 0.1) is 5.41 Å². The molecule has 1 saturated heterocycles. The number of aliphatic hydroxyl groups excluding tert-OH is 1. The van der Waals surface area contributed by atoms with Crippen molar-refractivity contribution in [2.24, 2.45) is 5.41 Å². The van der Waals surface area contributed by atoms with Gasteiger partial charge in [-0.05, 0) is 36.6 Å². The number of nitrogens with zero attached hydrogens (tertiary/aromatic N) is 2. The standard InChI is InChI=1S/C15H26N3O6PS/c1-5-22-25(21,26)24-12-9(8-15(2,3)4)23-13(11(12)19)18-7-6-10(16)17-14(18)20/h6-7,9,11-13,19H,5,8H2,1-4H3,(H,21,26)(H2,16,17,20)/t9-,11?,12?,13-,25?/m1/s1. The molecule has 0 amide bonds. The van der Waals surface area contributed by atoms with E-state index in [9.17, 15) is 14.8 Å². The normalized spacial score (nSPS) is 28.8. The first-order chi connectivity index (χ1) is 11.9. The first-order valence-electron chi connectivity index (χ1n) is 8.27. The number of aliphatic hydroxyl groups is 1. The highest BCUT2D eigenvalue weighted by Gasteiger charge is 2.49. The summed E-state index contributed by atoms with van der Waals surface area (Å²) in [6.45, 7) is 4.31. The topological polar surface area (TPSA) is 129 Å². The predicted molar refractivity (Wildman–Crippen MR) is 99.9 cm³/mol. The van der Waals surface area contributed by atoms with E-state index in [0.717, 1.165) is 4.57 Å². The van der Waals surface area contributed by atoms with Crippen LogP contribution in [0.15, 0.2) is 17.1 Å². The summed E-state index contributed by atoms with van der Waals surface area (Å²) < 4.78 is 17.7. The second-order valence-electron chi connectivity index (χ2n) is 7.32. The Kier molecular flexibility index (Phi) is 6.61. The van der Waals surface area contributed by atoms with E-state index in [4.69, 9.17) is 31.3 Å². The van der Waals surface area contributed by atoms with Crippen LogP contribution in [0.3, 0.4) is 0 Å². The van der Waals surface area contributed by atoms with Crippen LogP contribution < -0.4 is 11.4 Å². The van der Waals surface area contributed by atoms with Crippen LogP contribution in [0.5, 0.6) is 0 Å². The van der Waals surface area contributed by atoms with Gasteiger partial charge < -0.3 is 25.0 Å². The van der Waals surface area contributed by atoms with Gasteiger partial charge in [0.2, 0.25) is 0 Å². The van der Waals surface area contributed by atoms with E-state index in [1.807, 2.05) is 20.8 Å². The van der Waals surface area contributed by atoms with Gasteiger partial charge in [0, 0.05) is 6.20 Å². The van der Waals surface area contributed by atoms with Crippen molar-refractivity contribution in [3.63, 3.8) is 0 Å². The van der Waals surface area contributed by atoms with Crippen LogP contribution >= 0.6 is 6.72 Å². The second kappa shape index (κ2) is 8.02. The molecule has 9 nitrogen and oxygen atoms in total. The maximum absolute atomic E-state index is 12.1. The Hall–Kier alpha value is -0.870. The molecule has 3 unspecified atom stereocenters. The summed E-state index contributed by atoms with van der Waals surface area (Å²) in [5, 5.41) is 10.7. The smallest absolute Gasteiger partial charge is 0.351 e. The van der Waals surface area contributed by atoms with Crippen molar-refractivity contribution in [3.05, 3.63) is 22.7 Å². The molecular weight excluding hydrogens is 381 g/mol. The average Bonchev–Trinajstić information content (AvgIpc) is 2.74. The van der Waals surface area contributed by atoms with Crippen LogP contribution in [0.25, 0.3) is 0 Å². The van der Waals surface area contributed by atoms with E-state index in [2.05, 4.69) is 4.98 Å². The van der Waals surface area contributed by atoms with Crippen LogP contribution in [-0.4, -0.2) is 44.5 Å². The van der Waals surface area contributed by atoms with E-state index < -0.39 is 36.9 Å². The van der Waals surface area contributed by atoms with Crippen molar-refractivity contribution < 1.29 is 23.8 Å². The largest absolute Gasteiger partial charge is 0.386 e. The first-order valence-corrected chi connectivity index (χ1v) is 10.9. The number of nitrogen functional groups attached to an aromatic ring is 1.